The van der Waals surface area contributed by atoms with Crippen LogP contribution in [0.4, 0.5) is 0 Å². The van der Waals surface area contributed by atoms with Gasteiger partial charge in [0.25, 0.3) is 0 Å². The molecule has 0 bridgehead atoms. The predicted molar refractivity (Wildman–Crippen MR) is 92.3 cm³/mol. The van der Waals surface area contributed by atoms with Crippen molar-refractivity contribution in [2.24, 2.45) is 11.3 Å². The van der Waals surface area contributed by atoms with Gasteiger partial charge in [-0.15, -0.1) is 0 Å². The van der Waals surface area contributed by atoms with Gasteiger partial charge in [-0.2, -0.15) is 0 Å². The first-order chi connectivity index (χ1) is 10.4. The fraction of sp³-hybridized carbons (Fsp3) is 0.700. The zero-order chi connectivity index (χ0) is 16.3. The van der Waals surface area contributed by atoms with Crippen molar-refractivity contribution in [2.75, 3.05) is 0 Å². The molecule has 1 fully saturated rings. The van der Waals surface area contributed by atoms with Gasteiger partial charge < -0.3 is 10.2 Å². The number of rotatable bonds is 6. The number of phenols is 1. The summed E-state index contributed by atoms with van der Waals surface area (Å²) in [5.74, 6) is 1.44. The second kappa shape index (κ2) is 7.04. The maximum atomic E-state index is 10.3. The summed E-state index contributed by atoms with van der Waals surface area (Å²) >= 11 is 0. The van der Waals surface area contributed by atoms with Crippen molar-refractivity contribution >= 4 is 0 Å². The minimum atomic E-state index is -0.148. The summed E-state index contributed by atoms with van der Waals surface area (Å²) in [6, 6.07) is 5.81. The van der Waals surface area contributed by atoms with Gasteiger partial charge >= 0.3 is 0 Å². The van der Waals surface area contributed by atoms with Crippen molar-refractivity contribution in [3.8, 4) is 5.75 Å². The number of aliphatic hydroxyl groups is 1. The fourth-order valence-electron chi connectivity index (χ4n) is 4.05. The standard InChI is InChI=1S/C20H32O2/c1-5-6-16-13-17(21)8-9-18(16)14(2)11-12-20(4)15(3)7-10-19(20)22/h8-9,13-15,19,21-22H,5-7,10-12H2,1-4H3. The monoisotopic (exact) mass is 304 g/mol. The van der Waals surface area contributed by atoms with Crippen molar-refractivity contribution in [1.29, 1.82) is 0 Å². The van der Waals surface area contributed by atoms with E-state index in [-0.39, 0.29) is 11.5 Å². The lowest BCUT2D eigenvalue weighted by Gasteiger charge is -2.34. The van der Waals surface area contributed by atoms with E-state index >= 15 is 0 Å². The van der Waals surface area contributed by atoms with Gasteiger partial charge in [-0.05, 0) is 72.6 Å². The van der Waals surface area contributed by atoms with Gasteiger partial charge in [-0.1, -0.05) is 40.2 Å². The molecule has 0 heterocycles. The van der Waals surface area contributed by atoms with Crippen LogP contribution in [0.3, 0.4) is 0 Å². The van der Waals surface area contributed by atoms with Crippen LogP contribution in [0.25, 0.3) is 0 Å². The van der Waals surface area contributed by atoms with Crippen molar-refractivity contribution in [2.45, 2.75) is 78.2 Å². The number of aryl methyl sites for hydroxylation is 1. The summed E-state index contributed by atoms with van der Waals surface area (Å²) in [4.78, 5) is 0. The second-order valence-electron chi connectivity index (χ2n) is 7.57. The Balaban J connectivity index is 2.08. The molecule has 2 rings (SSSR count). The quantitative estimate of drug-likeness (QED) is 0.774. The van der Waals surface area contributed by atoms with E-state index in [1.807, 2.05) is 6.07 Å². The number of phenolic OH excluding ortho intramolecular Hbond substituents is 1. The van der Waals surface area contributed by atoms with Gasteiger partial charge in [-0.25, -0.2) is 0 Å². The summed E-state index contributed by atoms with van der Waals surface area (Å²) in [7, 11) is 0. The lowest BCUT2D eigenvalue weighted by molar-refractivity contribution is 0.0341. The van der Waals surface area contributed by atoms with Crippen LogP contribution in [-0.4, -0.2) is 16.3 Å². The molecule has 0 radical (unpaired) electrons. The summed E-state index contributed by atoms with van der Waals surface area (Å²) < 4.78 is 0. The molecular weight excluding hydrogens is 272 g/mol. The molecule has 0 amide bonds. The molecule has 124 valence electrons. The maximum Gasteiger partial charge on any atom is 0.115 e. The Hall–Kier alpha value is -1.02. The molecule has 4 unspecified atom stereocenters. The van der Waals surface area contributed by atoms with Crippen LogP contribution in [0.5, 0.6) is 5.75 Å². The van der Waals surface area contributed by atoms with Gasteiger partial charge in [0.1, 0.15) is 5.75 Å². The molecule has 1 aliphatic rings. The first-order valence-electron chi connectivity index (χ1n) is 8.88. The third-order valence-corrected chi connectivity index (χ3v) is 6.05. The Labute approximate surface area is 135 Å². The molecule has 2 heteroatoms. The van der Waals surface area contributed by atoms with E-state index in [0.29, 0.717) is 17.6 Å². The highest BCUT2D eigenvalue weighted by molar-refractivity contribution is 5.37. The van der Waals surface area contributed by atoms with Crippen LogP contribution < -0.4 is 0 Å². The molecule has 0 saturated heterocycles. The van der Waals surface area contributed by atoms with Crippen molar-refractivity contribution in [3.05, 3.63) is 29.3 Å². The fourth-order valence-corrected chi connectivity index (χ4v) is 4.05. The Morgan fingerprint density at radius 3 is 2.64 bits per heavy atom. The Kier molecular flexibility index (Phi) is 5.55. The van der Waals surface area contributed by atoms with Crippen LogP contribution in [0.1, 0.15) is 76.8 Å². The number of aliphatic hydroxyl groups excluding tert-OH is 1. The van der Waals surface area contributed by atoms with Crippen LogP contribution in [-0.2, 0) is 6.42 Å². The van der Waals surface area contributed by atoms with E-state index in [4.69, 9.17) is 0 Å². The molecule has 0 spiro atoms. The zero-order valence-electron chi connectivity index (χ0n) is 14.6. The predicted octanol–water partition coefficient (Wildman–Crippen LogP) is 5.03. The molecule has 1 saturated carbocycles. The minimum absolute atomic E-state index is 0.0656. The summed E-state index contributed by atoms with van der Waals surface area (Å²) in [6.07, 6.45) is 6.23. The van der Waals surface area contributed by atoms with E-state index in [0.717, 1.165) is 38.5 Å². The van der Waals surface area contributed by atoms with Gasteiger partial charge in [0.05, 0.1) is 6.10 Å². The van der Waals surface area contributed by atoms with Gasteiger partial charge in [-0.3, -0.25) is 0 Å². The van der Waals surface area contributed by atoms with Gasteiger partial charge in [0.2, 0.25) is 0 Å². The first kappa shape index (κ1) is 17.3. The third kappa shape index (κ3) is 3.48. The number of hydrogen-bond acceptors (Lipinski definition) is 2. The molecule has 1 aliphatic carbocycles. The molecule has 0 aromatic heterocycles. The van der Waals surface area contributed by atoms with Crippen molar-refractivity contribution in [3.63, 3.8) is 0 Å². The zero-order valence-corrected chi connectivity index (χ0v) is 14.6. The average Bonchev–Trinajstić information content (AvgIpc) is 2.73. The van der Waals surface area contributed by atoms with Crippen LogP contribution in [0.2, 0.25) is 0 Å². The van der Waals surface area contributed by atoms with Gasteiger partial charge in [0.15, 0.2) is 0 Å². The number of aromatic hydroxyl groups is 1. The topological polar surface area (TPSA) is 40.5 Å². The molecule has 22 heavy (non-hydrogen) atoms. The molecule has 1 aromatic rings. The average molecular weight is 304 g/mol. The molecular formula is C20H32O2. The van der Waals surface area contributed by atoms with E-state index < -0.39 is 0 Å². The largest absolute Gasteiger partial charge is 0.508 e. The Bertz CT molecular complexity index is 484. The van der Waals surface area contributed by atoms with E-state index in [9.17, 15) is 10.2 Å². The third-order valence-electron chi connectivity index (χ3n) is 6.05. The van der Waals surface area contributed by atoms with E-state index in [1.165, 1.54) is 11.1 Å². The lowest BCUT2D eigenvalue weighted by atomic mass is 9.73. The molecule has 2 nitrogen and oxygen atoms in total. The first-order valence-corrected chi connectivity index (χ1v) is 8.88. The Morgan fingerprint density at radius 2 is 2.05 bits per heavy atom. The van der Waals surface area contributed by atoms with Crippen molar-refractivity contribution < 1.29 is 10.2 Å². The van der Waals surface area contributed by atoms with Crippen LogP contribution >= 0.6 is 0 Å². The lowest BCUT2D eigenvalue weighted by Crippen LogP contribution is -2.31. The van der Waals surface area contributed by atoms with Crippen molar-refractivity contribution in [1.82, 2.24) is 0 Å². The summed E-state index contributed by atoms with van der Waals surface area (Å²) in [5.41, 5.74) is 2.71. The molecule has 0 aliphatic heterocycles. The van der Waals surface area contributed by atoms with Crippen LogP contribution in [0.15, 0.2) is 18.2 Å². The SMILES string of the molecule is CCCc1cc(O)ccc1C(C)CCC1(C)C(C)CCC1O. The second-order valence-corrected chi connectivity index (χ2v) is 7.57. The normalized spacial score (nSPS) is 29.7. The van der Waals surface area contributed by atoms with E-state index in [2.05, 4.69) is 33.8 Å². The highest BCUT2D eigenvalue weighted by Crippen LogP contribution is 2.47. The summed E-state index contributed by atoms with van der Waals surface area (Å²) in [5, 5.41) is 20.1. The Morgan fingerprint density at radius 1 is 1.32 bits per heavy atom. The minimum Gasteiger partial charge on any atom is -0.508 e. The highest BCUT2D eigenvalue weighted by Gasteiger charge is 2.43. The molecule has 1 aromatic carbocycles. The number of benzene rings is 1. The van der Waals surface area contributed by atoms with Crippen LogP contribution in [0, 0.1) is 11.3 Å². The van der Waals surface area contributed by atoms with E-state index in [1.54, 1.807) is 6.07 Å². The smallest absolute Gasteiger partial charge is 0.115 e. The molecule has 2 N–H and O–H groups in total. The summed E-state index contributed by atoms with van der Waals surface area (Å²) in [6.45, 7) is 8.99. The van der Waals surface area contributed by atoms with Gasteiger partial charge in [0, 0.05) is 0 Å². The highest BCUT2D eigenvalue weighted by atomic mass is 16.3. The molecule has 4 atom stereocenters. The maximum absolute atomic E-state index is 10.3. The number of hydrogen-bond donors (Lipinski definition) is 2.